The van der Waals surface area contributed by atoms with E-state index in [0.29, 0.717) is 18.8 Å². The molecule has 0 atom stereocenters. The monoisotopic (exact) mass is 303 g/mol. The Labute approximate surface area is 127 Å². The number of alkyl halides is 1. The molecule has 0 amide bonds. The van der Waals surface area contributed by atoms with E-state index in [1.165, 1.54) is 6.07 Å². The second kappa shape index (κ2) is 5.82. The van der Waals surface area contributed by atoms with Crippen LogP contribution in [-0.4, -0.2) is 14.5 Å². The summed E-state index contributed by atoms with van der Waals surface area (Å²) in [4.78, 5) is 9.04. The van der Waals surface area contributed by atoms with E-state index in [1.54, 1.807) is 12.1 Å². The molecule has 0 spiro atoms. The Morgan fingerprint density at radius 2 is 2.05 bits per heavy atom. The zero-order chi connectivity index (χ0) is 14.8. The Morgan fingerprint density at radius 3 is 2.81 bits per heavy atom. The molecule has 3 nitrogen and oxygen atoms in total. The lowest BCUT2D eigenvalue weighted by atomic mass is 10.1. The predicted molar refractivity (Wildman–Crippen MR) is 81.9 cm³/mol. The van der Waals surface area contributed by atoms with Crippen LogP contribution in [0.15, 0.2) is 36.4 Å². The number of hydrogen-bond donors (Lipinski definition) is 0. The molecule has 3 aromatic rings. The molecule has 0 saturated carbocycles. The van der Waals surface area contributed by atoms with Gasteiger partial charge in [0.1, 0.15) is 17.2 Å². The molecule has 3 rings (SSSR count). The number of fused-ring (bicyclic) bond motifs is 1. The quantitative estimate of drug-likeness (QED) is 0.685. The van der Waals surface area contributed by atoms with Gasteiger partial charge in [-0.05, 0) is 43.2 Å². The van der Waals surface area contributed by atoms with E-state index in [9.17, 15) is 4.39 Å². The van der Waals surface area contributed by atoms with Gasteiger partial charge in [0, 0.05) is 12.2 Å². The van der Waals surface area contributed by atoms with Gasteiger partial charge in [0.05, 0.1) is 5.88 Å². The summed E-state index contributed by atoms with van der Waals surface area (Å²) in [6.07, 6.45) is 0.711. The number of hydrogen-bond acceptors (Lipinski definition) is 2. The van der Waals surface area contributed by atoms with Crippen LogP contribution in [0.2, 0.25) is 0 Å². The van der Waals surface area contributed by atoms with E-state index in [2.05, 4.69) is 9.97 Å². The Hall–Kier alpha value is -1.94. The maximum Gasteiger partial charge on any atom is 0.160 e. The molecule has 0 aliphatic heterocycles. The highest BCUT2D eigenvalue weighted by Crippen LogP contribution is 2.17. The normalized spacial score (nSPS) is 11.2. The first kappa shape index (κ1) is 14.0. The van der Waals surface area contributed by atoms with Gasteiger partial charge >= 0.3 is 0 Å². The fraction of sp³-hybridized carbons (Fsp3) is 0.250. The van der Waals surface area contributed by atoms with Crippen LogP contribution < -0.4 is 0 Å². The highest BCUT2D eigenvalue weighted by Gasteiger charge is 2.11. The fourth-order valence-corrected chi connectivity index (χ4v) is 2.62. The van der Waals surface area contributed by atoms with E-state index in [4.69, 9.17) is 11.6 Å². The van der Waals surface area contributed by atoms with Crippen LogP contribution >= 0.6 is 11.6 Å². The minimum Gasteiger partial charge on any atom is -0.311 e. The highest BCUT2D eigenvalue weighted by molar-refractivity contribution is 6.16. The first-order chi connectivity index (χ1) is 10.2. The van der Waals surface area contributed by atoms with Crippen LogP contribution in [0.3, 0.4) is 0 Å². The van der Waals surface area contributed by atoms with Crippen LogP contribution in [-0.2, 0) is 18.8 Å². The lowest BCUT2D eigenvalue weighted by molar-refractivity contribution is 0.621. The third-order valence-electron chi connectivity index (χ3n) is 3.44. The number of halogens is 2. The molecule has 5 heteroatoms. The summed E-state index contributed by atoms with van der Waals surface area (Å²) in [5.74, 6) is 0.911. The zero-order valence-corrected chi connectivity index (χ0v) is 12.4. The number of nitrogens with zero attached hydrogens (tertiary/aromatic N) is 3. The van der Waals surface area contributed by atoms with Gasteiger partial charge in [-0.25, -0.2) is 14.4 Å². The molecule has 0 N–H and O–H groups in total. The molecule has 1 aromatic carbocycles. The summed E-state index contributed by atoms with van der Waals surface area (Å²) in [6.45, 7) is 2.63. The molecule has 0 unspecified atom stereocenters. The van der Waals surface area contributed by atoms with Gasteiger partial charge in [-0.15, -0.1) is 11.6 Å². The summed E-state index contributed by atoms with van der Waals surface area (Å²) >= 11 is 5.98. The van der Waals surface area contributed by atoms with Gasteiger partial charge in [-0.3, -0.25) is 0 Å². The van der Waals surface area contributed by atoms with Gasteiger partial charge < -0.3 is 4.57 Å². The lowest BCUT2D eigenvalue weighted by Gasteiger charge is -2.07. The lowest BCUT2D eigenvalue weighted by Crippen LogP contribution is -2.06. The molecule has 0 radical (unpaired) electrons. The van der Waals surface area contributed by atoms with E-state index < -0.39 is 0 Å². The smallest absolute Gasteiger partial charge is 0.160 e. The number of pyridine rings is 1. The van der Waals surface area contributed by atoms with E-state index in [0.717, 1.165) is 28.2 Å². The number of aryl methyl sites for hydroxylation is 3. The SMILES string of the molecule is Cc1ccc2nc(CCl)n(CCc3cccc(F)c3)c2n1. The molecule has 108 valence electrons. The molecule has 0 saturated heterocycles. The minimum absolute atomic E-state index is 0.213. The Balaban J connectivity index is 1.93. The summed E-state index contributed by atoms with van der Waals surface area (Å²) < 4.78 is 15.2. The molecule has 0 bridgehead atoms. The average molecular weight is 304 g/mol. The standard InChI is InChI=1S/C16H15ClFN3/c1-11-5-6-14-16(19-11)21(15(10-17)20-14)8-7-12-3-2-4-13(18)9-12/h2-6,9H,7-8,10H2,1H3. The van der Waals surface area contributed by atoms with Crippen molar-refractivity contribution in [3.05, 3.63) is 59.3 Å². The van der Waals surface area contributed by atoms with Crippen molar-refractivity contribution < 1.29 is 4.39 Å². The largest absolute Gasteiger partial charge is 0.311 e. The topological polar surface area (TPSA) is 30.7 Å². The second-order valence-electron chi connectivity index (χ2n) is 4.99. The van der Waals surface area contributed by atoms with Gasteiger partial charge in [0.25, 0.3) is 0 Å². The summed E-state index contributed by atoms with van der Waals surface area (Å²) in [6, 6.07) is 10.5. The van der Waals surface area contributed by atoms with Crippen molar-refractivity contribution in [2.24, 2.45) is 0 Å². The summed E-state index contributed by atoms with van der Waals surface area (Å²) in [5, 5.41) is 0. The van der Waals surface area contributed by atoms with Gasteiger partial charge in [0.2, 0.25) is 0 Å². The molecular formula is C16H15ClFN3. The Morgan fingerprint density at radius 1 is 1.19 bits per heavy atom. The van der Waals surface area contributed by atoms with Crippen molar-refractivity contribution in [1.29, 1.82) is 0 Å². The second-order valence-corrected chi connectivity index (χ2v) is 5.26. The van der Waals surface area contributed by atoms with Crippen molar-refractivity contribution in [2.75, 3.05) is 0 Å². The van der Waals surface area contributed by atoms with E-state index >= 15 is 0 Å². The average Bonchev–Trinajstić information content (AvgIpc) is 2.82. The van der Waals surface area contributed by atoms with E-state index in [-0.39, 0.29) is 5.82 Å². The number of imidazole rings is 1. The molecule has 2 aromatic heterocycles. The van der Waals surface area contributed by atoms with Crippen molar-refractivity contribution in [3.63, 3.8) is 0 Å². The number of aromatic nitrogens is 3. The summed E-state index contributed by atoms with van der Waals surface area (Å²) in [5.41, 5.74) is 3.57. The van der Waals surface area contributed by atoms with Gasteiger partial charge in [0.15, 0.2) is 5.65 Å². The van der Waals surface area contributed by atoms with Gasteiger partial charge in [-0.1, -0.05) is 12.1 Å². The van der Waals surface area contributed by atoms with Crippen LogP contribution in [0.25, 0.3) is 11.2 Å². The van der Waals surface area contributed by atoms with Gasteiger partial charge in [-0.2, -0.15) is 0 Å². The third kappa shape index (κ3) is 2.90. The van der Waals surface area contributed by atoms with Crippen molar-refractivity contribution in [1.82, 2.24) is 14.5 Å². The maximum absolute atomic E-state index is 13.2. The molecule has 21 heavy (non-hydrogen) atoms. The van der Waals surface area contributed by atoms with Crippen molar-refractivity contribution in [2.45, 2.75) is 25.8 Å². The van der Waals surface area contributed by atoms with Crippen molar-refractivity contribution >= 4 is 22.8 Å². The first-order valence-corrected chi connectivity index (χ1v) is 7.34. The Bertz CT molecular complexity index is 782. The molecular weight excluding hydrogens is 289 g/mol. The highest BCUT2D eigenvalue weighted by atomic mass is 35.5. The summed E-state index contributed by atoms with van der Waals surface area (Å²) in [7, 11) is 0. The molecule has 0 fully saturated rings. The number of benzene rings is 1. The first-order valence-electron chi connectivity index (χ1n) is 6.80. The Kier molecular flexibility index (Phi) is 3.88. The minimum atomic E-state index is -0.213. The van der Waals surface area contributed by atoms with Crippen LogP contribution in [0.1, 0.15) is 17.1 Å². The molecule has 2 heterocycles. The molecule has 0 aliphatic rings. The number of rotatable bonds is 4. The van der Waals surface area contributed by atoms with E-state index in [1.807, 2.05) is 29.7 Å². The maximum atomic E-state index is 13.2. The predicted octanol–water partition coefficient (Wildman–Crippen LogP) is 3.86. The molecule has 0 aliphatic carbocycles. The van der Waals surface area contributed by atoms with Crippen LogP contribution in [0.5, 0.6) is 0 Å². The zero-order valence-electron chi connectivity index (χ0n) is 11.7. The van der Waals surface area contributed by atoms with Crippen molar-refractivity contribution in [3.8, 4) is 0 Å². The van der Waals surface area contributed by atoms with Crippen LogP contribution in [0, 0.1) is 12.7 Å². The fourth-order valence-electron chi connectivity index (χ4n) is 2.41. The third-order valence-corrected chi connectivity index (χ3v) is 3.68. The van der Waals surface area contributed by atoms with Crippen LogP contribution in [0.4, 0.5) is 4.39 Å².